The molecule has 0 saturated carbocycles. The van der Waals surface area contributed by atoms with Gasteiger partial charge in [-0.2, -0.15) is 8.42 Å². The van der Waals surface area contributed by atoms with Crippen LogP contribution in [-0.4, -0.2) is 24.4 Å². The van der Waals surface area contributed by atoms with E-state index in [0.717, 1.165) is 47.7 Å². The molecule has 0 fully saturated rings. The topological polar surface area (TPSA) is 57.6 Å². The van der Waals surface area contributed by atoms with E-state index in [2.05, 4.69) is 23.3 Å². The molecule has 0 atom stereocenters. The predicted molar refractivity (Wildman–Crippen MR) is 117 cm³/mol. The van der Waals surface area contributed by atoms with Crippen molar-refractivity contribution in [1.29, 1.82) is 0 Å². The minimum absolute atomic E-state index is 0.0718. The minimum Gasteiger partial charge on any atom is -0.336 e. The lowest BCUT2D eigenvalue weighted by molar-refractivity contribution is 0.483. The zero-order chi connectivity index (χ0) is 20.1. The van der Waals surface area contributed by atoms with Gasteiger partial charge >= 0.3 is 0 Å². The van der Waals surface area contributed by atoms with Gasteiger partial charge in [0.25, 0.3) is 10.1 Å². The molecule has 1 N–H and O–H groups in total. The maximum atomic E-state index is 11.1. The molecule has 148 valence electrons. The maximum absolute atomic E-state index is 11.1. The zero-order valence-electron chi connectivity index (χ0n) is 15.5. The smallest absolute Gasteiger partial charge is 0.294 e. The van der Waals surface area contributed by atoms with Gasteiger partial charge in [0.05, 0.1) is 15.6 Å². The molecule has 3 rings (SSSR count). The molecule has 1 heterocycles. The lowest BCUT2D eigenvalue weighted by atomic mass is 10.1. The Morgan fingerprint density at radius 3 is 2.50 bits per heavy atom. The van der Waals surface area contributed by atoms with Crippen molar-refractivity contribution in [2.24, 2.45) is 0 Å². The fraction of sp³-hybridized carbons (Fsp3) is 0.238. The summed E-state index contributed by atoms with van der Waals surface area (Å²) in [7, 11) is -4.13. The number of nitrogens with zero attached hydrogens (tertiary/aromatic N) is 1. The summed E-state index contributed by atoms with van der Waals surface area (Å²) >= 11 is 8.07. The molecule has 0 aromatic heterocycles. The Bertz CT molecular complexity index is 999. The van der Waals surface area contributed by atoms with Crippen molar-refractivity contribution in [1.82, 2.24) is 4.90 Å². The number of halogens is 1. The van der Waals surface area contributed by atoms with Crippen LogP contribution in [0.3, 0.4) is 0 Å². The predicted octanol–water partition coefficient (Wildman–Crippen LogP) is 5.82. The second-order valence-corrected chi connectivity index (χ2v) is 9.12. The number of benzene rings is 2. The molecule has 2 aromatic rings. The largest absolute Gasteiger partial charge is 0.336 e. The van der Waals surface area contributed by atoms with E-state index < -0.39 is 10.1 Å². The van der Waals surface area contributed by atoms with Crippen LogP contribution in [0.5, 0.6) is 0 Å². The molecule has 0 unspecified atom stereocenters. The molecule has 1 aliphatic rings. The lowest BCUT2D eigenvalue weighted by Gasteiger charge is -2.22. The Hall–Kier alpha value is -1.73. The first kappa shape index (κ1) is 21.0. The minimum atomic E-state index is -4.13. The van der Waals surface area contributed by atoms with Gasteiger partial charge in [-0.25, -0.2) is 0 Å². The molecule has 28 heavy (non-hydrogen) atoms. The highest BCUT2D eigenvalue weighted by atomic mass is 35.5. The first-order valence-corrected chi connectivity index (χ1v) is 11.8. The second kappa shape index (κ2) is 9.18. The van der Waals surface area contributed by atoms with Gasteiger partial charge < -0.3 is 4.90 Å². The Kier molecular flexibility index (Phi) is 6.88. The third-order valence-electron chi connectivity index (χ3n) is 4.52. The Morgan fingerprint density at radius 2 is 1.86 bits per heavy atom. The molecule has 0 radical (unpaired) electrons. The van der Waals surface area contributed by atoms with E-state index in [-0.39, 0.29) is 4.90 Å². The van der Waals surface area contributed by atoms with Crippen LogP contribution in [0, 0.1) is 0 Å². The monoisotopic (exact) mass is 435 g/mol. The number of rotatable bonds is 7. The molecule has 1 aliphatic heterocycles. The third-order valence-corrected chi connectivity index (χ3v) is 6.69. The molecule has 2 aromatic carbocycles. The van der Waals surface area contributed by atoms with Crippen LogP contribution in [0.15, 0.2) is 69.9 Å². The molecule has 0 bridgehead atoms. The van der Waals surface area contributed by atoms with Crippen LogP contribution in [0.2, 0.25) is 5.02 Å². The SMILES string of the molecule is CCN1C(=CCCCc2ccc(S(=O)(=O)O)cc2)SC=C1c1ccccc1Cl. The molecular formula is C21H22ClNO3S2. The van der Waals surface area contributed by atoms with Crippen molar-refractivity contribution in [3.05, 3.63) is 81.2 Å². The van der Waals surface area contributed by atoms with Crippen molar-refractivity contribution in [2.75, 3.05) is 6.54 Å². The van der Waals surface area contributed by atoms with Crippen molar-refractivity contribution < 1.29 is 13.0 Å². The van der Waals surface area contributed by atoms with Gasteiger partial charge in [0.15, 0.2) is 0 Å². The molecule has 0 amide bonds. The van der Waals surface area contributed by atoms with Crippen LogP contribution in [0.1, 0.15) is 30.9 Å². The van der Waals surface area contributed by atoms with Crippen LogP contribution in [0.25, 0.3) is 5.70 Å². The first-order chi connectivity index (χ1) is 13.4. The third kappa shape index (κ3) is 5.00. The normalized spacial score (nSPS) is 15.9. The summed E-state index contributed by atoms with van der Waals surface area (Å²) in [5, 5.41) is 4.10. The van der Waals surface area contributed by atoms with Crippen molar-refractivity contribution in [3.63, 3.8) is 0 Å². The molecule has 7 heteroatoms. The summed E-state index contributed by atoms with van der Waals surface area (Å²) in [5.41, 5.74) is 3.22. The van der Waals surface area contributed by atoms with E-state index >= 15 is 0 Å². The molecule has 0 aliphatic carbocycles. The van der Waals surface area contributed by atoms with E-state index in [1.807, 2.05) is 24.3 Å². The summed E-state index contributed by atoms with van der Waals surface area (Å²) < 4.78 is 31.2. The van der Waals surface area contributed by atoms with Gasteiger partial charge in [-0.3, -0.25) is 4.55 Å². The zero-order valence-corrected chi connectivity index (χ0v) is 17.9. The van der Waals surface area contributed by atoms with Crippen LogP contribution in [0.4, 0.5) is 0 Å². The van der Waals surface area contributed by atoms with Gasteiger partial charge in [-0.05, 0) is 49.9 Å². The van der Waals surface area contributed by atoms with Gasteiger partial charge in [-0.1, -0.05) is 59.8 Å². The van der Waals surface area contributed by atoms with E-state index in [4.69, 9.17) is 16.2 Å². The molecular weight excluding hydrogens is 414 g/mol. The summed E-state index contributed by atoms with van der Waals surface area (Å²) in [6.45, 7) is 2.99. The van der Waals surface area contributed by atoms with Gasteiger partial charge in [0, 0.05) is 22.5 Å². The van der Waals surface area contributed by atoms with E-state index in [1.54, 1.807) is 23.9 Å². The number of thioether (sulfide) groups is 1. The number of allylic oxidation sites excluding steroid dienone is 1. The van der Waals surface area contributed by atoms with Gasteiger partial charge in [-0.15, -0.1) is 0 Å². The molecule has 4 nitrogen and oxygen atoms in total. The average Bonchev–Trinajstić information content (AvgIpc) is 3.08. The van der Waals surface area contributed by atoms with E-state index in [1.165, 1.54) is 17.2 Å². The van der Waals surface area contributed by atoms with Gasteiger partial charge in [0.2, 0.25) is 0 Å². The van der Waals surface area contributed by atoms with Crippen LogP contribution >= 0.6 is 23.4 Å². The summed E-state index contributed by atoms with van der Waals surface area (Å²) in [5.74, 6) is 0. The summed E-state index contributed by atoms with van der Waals surface area (Å²) in [6, 6.07) is 14.2. The molecule has 0 spiro atoms. The van der Waals surface area contributed by atoms with Crippen molar-refractivity contribution >= 4 is 39.2 Å². The van der Waals surface area contributed by atoms with E-state index in [0.29, 0.717) is 0 Å². The number of hydrogen-bond acceptors (Lipinski definition) is 4. The fourth-order valence-corrected chi connectivity index (χ4v) is 4.85. The van der Waals surface area contributed by atoms with Crippen molar-refractivity contribution in [2.45, 2.75) is 31.1 Å². The lowest BCUT2D eigenvalue weighted by Crippen LogP contribution is -2.16. The van der Waals surface area contributed by atoms with Crippen molar-refractivity contribution in [3.8, 4) is 0 Å². The standard InChI is InChI=1S/C21H22ClNO3S2/c1-2-23-20(18-8-4-5-9-19(18)22)15-27-21(23)10-6-3-7-16-11-13-17(14-12-16)28(24,25)26/h4-5,8-15H,2-3,6-7H2,1H3,(H,24,25,26). The number of unbranched alkanes of at least 4 members (excludes halogenated alkanes) is 1. The summed E-state index contributed by atoms with van der Waals surface area (Å²) in [4.78, 5) is 2.20. The first-order valence-electron chi connectivity index (χ1n) is 9.06. The quantitative estimate of drug-likeness (QED) is 0.438. The highest BCUT2D eigenvalue weighted by molar-refractivity contribution is 8.06. The fourth-order valence-electron chi connectivity index (χ4n) is 3.08. The highest BCUT2D eigenvalue weighted by Crippen LogP contribution is 2.41. The Labute approximate surface area is 175 Å². The van der Waals surface area contributed by atoms with Crippen LogP contribution in [-0.2, 0) is 16.5 Å². The van der Waals surface area contributed by atoms with Crippen LogP contribution < -0.4 is 0 Å². The number of hydrogen-bond donors (Lipinski definition) is 1. The molecule has 0 saturated heterocycles. The number of aryl methyl sites for hydroxylation is 1. The Morgan fingerprint density at radius 1 is 1.14 bits per heavy atom. The second-order valence-electron chi connectivity index (χ2n) is 6.40. The average molecular weight is 436 g/mol. The highest BCUT2D eigenvalue weighted by Gasteiger charge is 2.22. The maximum Gasteiger partial charge on any atom is 0.294 e. The van der Waals surface area contributed by atoms with E-state index in [9.17, 15) is 8.42 Å². The Balaban J connectivity index is 1.59. The van der Waals surface area contributed by atoms with Gasteiger partial charge in [0.1, 0.15) is 0 Å². The summed E-state index contributed by atoms with van der Waals surface area (Å²) in [6.07, 6.45) is 4.95.